The van der Waals surface area contributed by atoms with E-state index in [1.165, 1.54) is 4.31 Å². The van der Waals surface area contributed by atoms with Gasteiger partial charge >= 0.3 is 0 Å². The molecule has 1 atom stereocenters. The molecule has 0 bridgehead atoms. The SMILES string of the molecule is C=C(C)CN(CC)C(=O)C(C)N1CCN(S(=O)(=O)c2ccc(F)cc2F)CC1. The molecule has 1 aliphatic rings. The summed E-state index contributed by atoms with van der Waals surface area (Å²) in [6.07, 6.45) is 0. The van der Waals surface area contributed by atoms with Crippen LogP contribution in [-0.2, 0) is 14.8 Å². The van der Waals surface area contributed by atoms with Gasteiger partial charge in [-0.1, -0.05) is 12.2 Å². The van der Waals surface area contributed by atoms with Gasteiger partial charge in [-0.25, -0.2) is 17.2 Å². The summed E-state index contributed by atoms with van der Waals surface area (Å²) in [6, 6.07) is 2.03. The molecule has 156 valence electrons. The van der Waals surface area contributed by atoms with Gasteiger partial charge < -0.3 is 4.90 Å². The number of halogens is 2. The van der Waals surface area contributed by atoms with Crippen LogP contribution in [0.3, 0.4) is 0 Å². The Hall–Kier alpha value is -1.84. The number of rotatable bonds is 7. The van der Waals surface area contributed by atoms with Gasteiger partial charge in [0.1, 0.15) is 16.5 Å². The van der Waals surface area contributed by atoms with Crippen molar-refractivity contribution in [2.45, 2.75) is 31.7 Å². The highest BCUT2D eigenvalue weighted by atomic mass is 32.2. The van der Waals surface area contributed by atoms with Crippen molar-refractivity contribution < 1.29 is 22.0 Å². The molecule has 1 heterocycles. The molecule has 1 aromatic carbocycles. The third-order valence-electron chi connectivity index (χ3n) is 4.84. The Balaban J connectivity index is 2.05. The number of sulfonamides is 1. The molecule has 0 aromatic heterocycles. The van der Waals surface area contributed by atoms with Crippen molar-refractivity contribution in [3.63, 3.8) is 0 Å². The fourth-order valence-corrected chi connectivity index (χ4v) is 4.71. The molecule has 9 heteroatoms. The molecule has 0 N–H and O–H groups in total. The summed E-state index contributed by atoms with van der Waals surface area (Å²) >= 11 is 0. The Kier molecular flexibility index (Phi) is 7.30. The predicted molar refractivity (Wildman–Crippen MR) is 103 cm³/mol. The summed E-state index contributed by atoms with van der Waals surface area (Å²) in [6.45, 7) is 11.4. The number of benzene rings is 1. The van der Waals surface area contributed by atoms with Gasteiger partial charge in [-0.3, -0.25) is 9.69 Å². The first kappa shape index (κ1) is 22.4. The van der Waals surface area contributed by atoms with Gasteiger partial charge in [-0.05, 0) is 32.9 Å². The first-order chi connectivity index (χ1) is 13.1. The van der Waals surface area contributed by atoms with E-state index in [1.807, 2.05) is 18.7 Å². The van der Waals surface area contributed by atoms with Gasteiger partial charge in [-0.2, -0.15) is 4.31 Å². The Morgan fingerprint density at radius 3 is 2.36 bits per heavy atom. The molecule has 0 aliphatic carbocycles. The lowest BCUT2D eigenvalue weighted by molar-refractivity contribution is -0.136. The highest BCUT2D eigenvalue weighted by Gasteiger charge is 2.34. The minimum atomic E-state index is -4.06. The molecule has 1 aromatic rings. The first-order valence-corrected chi connectivity index (χ1v) is 10.6. The molecule has 6 nitrogen and oxygen atoms in total. The second-order valence-electron chi connectivity index (χ2n) is 7.00. The summed E-state index contributed by atoms with van der Waals surface area (Å²) < 4.78 is 53.5. The van der Waals surface area contributed by atoms with Crippen LogP contribution in [0.15, 0.2) is 35.2 Å². The van der Waals surface area contributed by atoms with Crippen LogP contribution in [0.25, 0.3) is 0 Å². The van der Waals surface area contributed by atoms with Crippen molar-refractivity contribution in [1.82, 2.24) is 14.1 Å². The van der Waals surface area contributed by atoms with Crippen molar-refractivity contribution in [3.8, 4) is 0 Å². The second kappa shape index (κ2) is 9.11. The number of piperazine rings is 1. The zero-order valence-corrected chi connectivity index (χ0v) is 17.3. The van der Waals surface area contributed by atoms with Gasteiger partial charge in [0.2, 0.25) is 15.9 Å². The van der Waals surface area contributed by atoms with Crippen LogP contribution in [0, 0.1) is 11.6 Å². The average Bonchev–Trinajstić information content (AvgIpc) is 2.64. The maximum absolute atomic E-state index is 13.9. The molecule has 28 heavy (non-hydrogen) atoms. The molecule has 0 spiro atoms. The maximum atomic E-state index is 13.9. The molecule has 1 saturated heterocycles. The fraction of sp³-hybridized carbons (Fsp3) is 0.526. The van der Waals surface area contributed by atoms with E-state index in [-0.39, 0.29) is 19.0 Å². The first-order valence-electron chi connectivity index (χ1n) is 9.20. The minimum absolute atomic E-state index is 0.0358. The van der Waals surface area contributed by atoms with E-state index in [0.717, 1.165) is 17.7 Å². The maximum Gasteiger partial charge on any atom is 0.246 e. The van der Waals surface area contributed by atoms with Crippen LogP contribution in [0.1, 0.15) is 20.8 Å². The highest BCUT2D eigenvalue weighted by Crippen LogP contribution is 2.22. The lowest BCUT2D eigenvalue weighted by Gasteiger charge is -2.38. The van der Waals surface area contributed by atoms with Crippen molar-refractivity contribution >= 4 is 15.9 Å². The number of carbonyl (C=O) groups is 1. The van der Waals surface area contributed by atoms with Gasteiger partial charge in [0.15, 0.2) is 0 Å². The van der Waals surface area contributed by atoms with Gasteiger partial charge in [0.05, 0.1) is 6.04 Å². The number of amides is 1. The zero-order valence-electron chi connectivity index (χ0n) is 16.5. The van der Waals surface area contributed by atoms with Crippen LogP contribution in [-0.4, -0.2) is 73.7 Å². The average molecular weight is 416 g/mol. The van der Waals surface area contributed by atoms with Crippen LogP contribution in [0.5, 0.6) is 0 Å². The molecular weight excluding hydrogens is 388 g/mol. The number of nitrogens with zero attached hydrogens (tertiary/aromatic N) is 3. The fourth-order valence-electron chi connectivity index (χ4n) is 3.25. The number of hydrogen-bond donors (Lipinski definition) is 0. The van der Waals surface area contributed by atoms with Crippen molar-refractivity contribution in [2.24, 2.45) is 0 Å². The summed E-state index contributed by atoms with van der Waals surface area (Å²) in [7, 11) is -4.06. The molecule has 1 amide bonds. The lowest BCUT2D eigenvalue weighted by Crippen LogP contribution is -2.55. The van der Waals surface area contributed by atoms with E-state index in [0.29, 0.717) is 32.2 Å². The zero-order chi connectivity index (χ0) is 21.1. The molecule has 0 saturated carbocycles. The monoisotopic (exact) mass is 415 g/mol. The Labute approximate surface area is 165 Å². The van der Waals surface area contributed by atoms with Gasteiger partial charge in [0, 0.05) is 45.3 Å². The standard InChI is InChI=1S/C19H27F2N3O3S/c1-5-22(13-14(2)3)19(25)15(4)23-8-10-24(11-9-23)28(26,27)18-7-6-16(20)12-17(18)21/h6-7,12,15H,2,5,8-11,13H2,1,3-4H3. The Morgan fingerprint density at radius 1 is 1.25 bits per heavy atom. The molecule has 1 aliphatic heterocycles. The lowest BCUT2D eigenvalue weighted by atomic mass is 10.2. The van der Waals surface area contributed by atoms with Crippen LogP contribution in [0.4, 0.5) is 8.78 Å². The summed E-state index contributed by atoms with van der Waals surface area (Å²) in [5, 5.41) is 0. The molecule has 0 radical (unpaired) electrons. The quantitative estimate of drug-likeness (QED) is 0.640. The topological polar surface area (TPSA) is 60.9 Å². The molecule has 2 rings (SSSR count). The minimum Gasteiger partial charge on any atom is -0.338 e. The van der Waals surface area contributed by atoms with E-state index in [1.54, 1.807) is 11.8 Å². The number of hydrogen-bond acceptors (Lipinski definition) is 4. The smallest absolute Gasteiger partial charge is 0.246 e. The Morgan fingerprint density at radius 2 is 1.86 bits per heavy atom. The molecule has 1 fully saturated rings. The van der Waals surface area contributed by atoms with E-state index in [9.17, 15) is 22.0 Å². The van der Waals surface area contributed by atoms with E-state index in [2.05, 4.69) is 6.58 Å². The van der Waals surface area contributed by atoms with E-state index in [4.69, 9.17) is 0 Å². The van der Waals surface area contributed by atoms with Crippen molar-refractivity contribution in [3.05, 3.63) is 42.0 Å². The van der Waals surface area contributed by atoms with E-state index < -0.39 is 32.6 Å². The molecular formula is C19H27F2N3O3S. The summed E-state index contributed by atoms with van der Waals surface area (Å²) in [5.74, 6) is -1.97. The number of likely N-dealkylation sites (N-methyl/N-ethyl adjacent to an activating group) is 1. The predicted octanol–water partition coefficient (Wildman–Crippen LogP) is 2.08. The normalized spacial score (nSPS) is 17.3. The van der Waals surface area contributed by atoms with Crippen molar-refractivity contribution in [2.75, 3.05) is 39.3 Å². The van der Waals surface area contributed by atoms with Gasteiger partial charge in [0.25, 0.3) is 0 Å². The second-order valence-corrected chi connectivity index (χ2v) is 8.91. The van der Waals surface area contributed by atoms with Crippen LogP contribution in [0.2, 0.25) is 0 Å². The van der Waals surface area contributed by atoms with Crippen LogP contribution < -0.4 is 0 Å². The van der Waals surface area contributed by atoms with Crippen LogP contribution >= 0.6 is 0 Å². The third-order valence-corrected chi connectivity index (χ3v) is 6.78. The summed E-state index contributed by atoms with van der Waals surface area (Å²) in [4.78, 5) is 15.8. The third kappa shape index (κ3) is 4.95. The van der Waals surface area contributed by atoms with E-state index >= 15 is 0 Å². The Bertz CT molecular complexity index is 837. The summed E-state index contributed by atoms with van der Waals surface area (Å²) in [5.41, 5.74) is 0.889. The molecule has 1 unspecified atom stereocenters. The van der Waals surface area contributed by atoms with Gasteiger partial charge in [-0.15, -0.1) is 0 Å². The van der Waals surface area contributed by atoms with Crippen molar-refractivity contribution in [1.29, 1.82) is 0 Å². The number of carbonyl (C=O) groups excluding carboxylic acids is 1. The highest BCUT2D eigenvalue weighted by molar-refractivity contribution is 7.89. The largest absolute Gasteiger partial charge is 0.338 e.